The van der Waals surface area contributed by atoms with Gasteiger partial charge in [-0.05, 0) is 47.5 Å². The number of benzene rings is 1. The van der Waals surface area contributed by atoms with Gasteiger partial charge in [0.15, 0.2) is 0 Å². The molecule has 0 N–H and O–H groups in total. The minimum Gasteiger partial charge on any atom is -0.345 e. The molecule has 0 fully saturated rings. The fraction of sp³-hybridized carbons (Fsp3) is 0.333. The van der Waals surface area contributed by atoms with Gasteiger partial charge in [-0.15, -0.1) is 0 Å². The SMILES string of the molecule is CCC(C)n1ccc2cc(F)c(Br)cc21. The van der Waals surface area contributed by atoms with E-state index in [4.69, 9.17) is 0 Å². The Morgan fingerprint density at radius 1 is 1.47 bits per heavy atom. The number of fused-ring (bicyclic) bond motifs is 1. The van der Waals surface area contributed by atoms with E-state index in [0.717, 1.165) is 17.3 Å². The first kappa shape index (κ1) is 10.7. The van der Waals surface area contributed by atoms with Gasteiger partial charge in [-0.3, -0.25) is 0 Å². The van der Waals surface area contributed by atoms with Crippen LogP contribution in [0.2, 0.25) is 0 Å². The van der Waals surface area contributed by atoms with Gasteiger partial charge in [0.25, 0.3) is 0 Å². The second-order valence-corrected chi connectivity index (χ2v) is 4.66. The van der Waals surface area contributed by atoms with Gasteiger partial charge < -0.3 is 4.57 Å². The van der Waals surface area contributed by atoms with Crippen LogP contribution in [0.25, 0.3) is 10.9 Å². The molecule has 1 nitrogen and oxygen atoms in total. The molecule has 1 aromatic heterocycles. The van der Waals surface area contributed by atoms with Crippen LogP contribution in [-0.4, -0.2) is 4.57 Å². The molecule has 0 aliphatic heterocycles. The molecule has 0 radical (unpaired) electrons. The lowest BCUT2D eigenvalue weighted by atomic mass is 10.2. The normalized spacial score (nSPS) is 13.3. The Kier molecular flexibility index (Phi) is 2.83. The van der Waals surface area contributed by atoms with E-state index in [1.54, 1.807) is 6.07 Å². The fourth-order valence-corrected chi connectivity index (χ4v) is 2.06. The van der Waals surface area contributed by atoms with Crippen LogP contribution in [0.15, 0.2) is 28.9 Å². The molecule has 3 heteroatoms. The van der Waals surface area contributed by atoms with E-state index >= 15 is 0 Å². The third-order valence-electron chi connectivity index (χ3n) is 2.83. The number of hydrogen-bond donors (Lipinski definition) is 0. The smallest absolute Gasteiger partial charge is 0.138 e. The largest absolute Gasteiger partial charge is 0.345 e. The van der Waals surface area contributed by atoms with Gasteiger partial charge in [0.1, 0.15) is 5.82 Å². The average Bonchev–Trinajstić information content (AvgIpc) is 2.61. The highest BCUT2D eigenvalue weighted by atomic mass is 79.9. The van der Waals surface area contributed by atoms with Crippen molar-refractivity contribution in [1.82, 2.24) is 4.57 Å². The Hall–Kier alpha value is -0.830. The van der Waals surface area contributed by atoms with Crippen LogP contribution >= 0.6 is 15.9 Å². The van der Waals surface area contributed by atoms with Crippen molar-refractivity contribution >= 4 is 26.8 Å². The van der Waals surface area contributed by atoms with Crippen LogP contribution in [0, 0.1) is 5.82 Å². The highest BCUT2D eigenvalue weighted by Crippen LogP contribution is 2.27. The minimum absolute atomic E-state index is 0.204. The number of hydrogen-bond acceptors (Lipinski definition) is 0. The van der Waals surface area contributed by atoms with Crippen molar-refractivity contribution in [3.05, 3.63) is 34.7 Å². The summed E-state index contributed by atoms with van der Waals surface area (Å²) in [5.74, 6) is -0.204. The standard InChI is InChI=1S/C12H13BrFN/c1-3-8(2)15-5-4-9-6-11(14)10(13)7-12(9)15/h4-8H,3H2,1-2H3. The molecule has 2 rings (SSSR count). The van der Waals surface area contributed by atoms with Crippen molar-refractivity contribution < 1.29 is 4.39 Å². The van der Waals surface area contributed by atoms with E-state index in [1.807, 2.05) is 18.3 Å². The van der Waals surface area contributed by atoms with E-state index in [2.05, 4.69) is 34.3 Å². The van der Waals surface area contributed by atoms with Crippen molar-refractivity contribution in [2.24, 2.45) is 0 Å². The Morgan fingerprint density at radius 3 is 2.87 bits per heavy atom. The molecule has 1 heterocycles. The first-order valence-electron chi connectivity index (χ1n) is 5.09. The van der Waals surface area contributed by atoms with Crippen LogP contribution in [0.1, 0.15) is 26.3 Å². The van der Waals surface area contributed by atoms with E-state index in [1.165, 1.54) is 0 Å². The molecule has 0 aliphatic carbocycles. The highest BCUT2D eigenvalue weighted by Gasteiger charge is 2.09. The lowest BCUT2D eigenvalue weighted by molar-refractivity contribution is 0.547. The maximum atomic E-state index is 13.3. The molecule has 2 aromatic rings. The maximum Gasteiger partial charge on any atom is 0.138 e. The molecule has 15 heavy (non-hydrogen) atoms. The summed E-state index contributed by atoms with van der Waals surface area (Å²) in [6, 6.07) is 5.81. The van der Waals surface area contributed by atoms with Crippen molar-refractivity contribution in [3.8, 4) is 0 Å². The van der Waals surface area contributed by atoms with Gasteiger partial charge in [-0.25, -0.2) is 4.39 Å². The molecule has 0 spiro atoms. The van der Waals surface area contributed by atoms with Gasteiger partial charge in [-0.1, -0.05) is 6.92 Å². The zero-order valence-electron chi connectivity index (χ0n) is 8.80. The Bertz CT molecular complexity index is 490. The van der Waals surface area contributed by atoms with E-state index in [0.29, 0.717) is 10.5 Å². The molecule has 0 bridgehead atoms. The zero-order valence-corrected chi connectivity index (χ0v) is 10.4. The summed E-state index contributed by atoms with van der Waals surface area (Å²) in [6.07, 6.45) is 3.09. The van der Waals surface area contributed by atoms with Crippen molar-refractivity contribution in [2.75, 3.05) is 0 Å². The van der Waals surface area contributed by atoms with Gasteiger partial charge in [0.05, 0.1) is 4.47 Å². The van der Waals surface area contributed by atoms with Crippen molar-refractivity contribution in [2.45, 2.75) is 26.3 Å². The summed E-state index contributed by atoms with van der Waals surface area (Å²) in [6.45, 7) is 4.31. The number of halogens is 2. The number of nitrogens with zero attached hydrogens (tertiary/aromatic N) is 1. The second kappa shape index (κ2) is 3.97. The van der Waals surface area contributed by atoms with Crippen LogP contribution in [0.4, 0.5) is 4.39 Å². The van der Waals surface area contributed by atoms with E-state index < -0.39 is 0 Å². The van der Waals surface area contributed by atoms with Crippen molar-refractivity contribution in [1.29, 1.82) is 0 Å². The first-order valence-corrected chi connectivity index (χ1v) is 5.88. The van der Waals surface area contributed by atoms with E-state index in [-0.39, 0.29) is 5.82 Å². The monoisotopic (exact) mass is 269 g/mol. The molecule has 0 saturated carbocycles. The Morgan fingerprint density at radius 2 is 2.20 bits per heavy atom. The molecule has 1 atom stereocenters. The van der Waals surface area contributed by atoms with Gasteiger partial charge >= 0.3 is 0 Å². The minimum atomic E-state index is -0.204. The van der Waals surface area contributed by atoms with Crippen LogP contribution in [0.3, 0.4) is 0 Å². The molecule has 80 valence electrons. The third-order valence-corrected chi connectivity index (χ3v) is 3.44. The summed E-state index contributed by atoms with van der Waals surface area (Å²) in [4.78, 5) is 0. The quantitative estimate of drug-likeness (QED) is 0.756. The molecule has 0 aliphatic rings. The summed E-state index contributed by atoms with van der Waals surface area (Å²) in [5.41, 5.74) is 1.08. The summed E-state index contributed by atoms with van der Waals surface area (Å²) in [7, 11) is 0. The third kappa shape index (κ3) is 1.81. The average molecular weight is 270 g/mol. The summed E-state index contributed by atoms with van der Waals surface area (Å²) in [5, 5.41) is 0.955. The van der Waals surface area contributed by atoms with Crippen molar-refractivity contribution in [3.63, 3.8) is 0 Å². The number of rotatable bonds is 2. The lowest BCUT2D eigenvalue weighted by Gasteiger charge is -2.12. The van der Waals surface area contributed by atoms with Crippen LogP contribution in [0.5, 0.6) is 0 Å². The Balaban J connectivity index is 2.64. The molecule has 1 unspecified atom stereocenters. The molecule has 1 aromatic carbocycles. The first-order chi connectivity index (χ1) is 7.13. The molecule has 0 saturated heterocycles. The molecule has 0 amide bonds. The van der Waals surface area contributed by atoms with Gasteiger partial charge in [-0.2, -0.15) is 0 Å². The van der Waals surface area contributed by atoms with Crippen LogP contribution in [-0.2, 0) is 0 Å². The predicted molar refractivity (Wildman–Crippen MR) is 64.6 cm³/mol. The second-order valence-electron chi connectivity index (χ2n) is 3.81. The van der Waals surface area contributed by atoms with Crippen LogP contribution < -0.4 is 0 Å². The lowest BCUT2D eigenvalue weighted by Crippen LogP contribution is -2.01. The maximum absolute atomic E-state index is 13.3. The summed E-state index contributed by atoms with van der Waals surface area (Å²) >= 11 is 3.22. The topological polar surface area (TPSA) is 4.93 Å². The Labute approximate surface area is 97.0 Å². The molecular weight excluding hydrogens is 257 g/mol. The van der Waals surface area contributed by atoms with Gasteiger partial charge in [0.2, 0.25) is 0 Å². The highest BCUT2D eigenvalue weighted by molar-refractivity contribution is 9.10. The van der Waals surface area contributed by atoms with E-state index in [9.17, 15) is 4.39 Å². The fourth-order valence-electron chi connectivity index (χ4n) is 1.73. The molecular formula is C12H13BrFN. The predicted octanol–water partition coefficient (Wildman–Crippen LogP) is 4.51. The summed E-state index contributed by atoms with van der Waals surface area (Å²) < 4.78 is 16.0. The van der Waals surface area contributed by atoms with Gasteiger partial charge in [0, 0.05) is 23.1 Å². The number of aromatic nitrogens is 1. The zero-order chi connectivity index (χ0) is 11.0.